The van der Waals surface area contributed by atoms with E-state index in [4.69, 9.17) is 7.05 Å². The summed E-state index contributed by atoms with van der Waals surface area (Å²) < 4.78 is 0. The number of hydrogen-bond donors (Lipinski definition) is 1. The van der Waals surface area contributed by atoms with Crippen molar-refractivity contribution in [2.45, 2.75) is 0 Å². The van der Waals surface area contributed by atoms with Gasteiger partial charge in [0, 0.05) is 25.5 Å². The molecular formula is C9H12N2. The summed E-state index contributed by atoms with van der Waals surface area (Å²) >= 11 is 0. The van der Waals surface area contributed by atoms with Crippen molar-refractivity contribution >= 4 is 11.4 Å². The van der Waals surface area contributed by atoms with Gasteiger partial charge in [0.2, 0.25) is 0 Å². The van der Waals surface area contributed by atoms with E-state index in [9.17, 15) is 0 Å². The van der Waals surface area contributed by atoms with E-state index in [1.54, 1.807) is 0 Å². The molecule has 0 fully saturated rings. The lowest BCUT2D eigenvalue weighted by atomic mass is 10.3. The fourth-order valence-electron chi connectivity index (χ4n) is 0.856. The first-order valence-electron chi connectivity index (χ1n) is 3.48. The molecule has 0 aromatic heterocycles. The maximum absolute atomic E-state index is 5.21. The number of benzene rings is 1. The molecule has 0 bridgehead atoms. The van der Waals surface area contributed by atoms with Crippen LogP contribution in [0.4, 0.5) is 11.4 Å². The highest BCUT2D eigenvalue weighted by molar-refractivity contribution is 5.54. The van der Waals surface area contributed by atoms with Gasteiger partial charge in [0.05, 0.1) is 7.05 Å². The summed E-state index contributed by atoms with van der Waals surface area (Å²) in [5.74, 6) is 0. The standard InChI is InChI=1S/C9H12N2/c1-10-8-4-6-9(7-5-8)11(2)3/h1,4-7,10H,2-3H3. The molecule has 0 aliphatic heterocycles. The van der Waals surface area contributed by atoms with Gasteiger partial charge in [-0.3, -0.25) is 0 Å². The van der Waals surface area contributed by atoms with E-state index >= 15 is 0 Å². The van der Waals surface area contributed by atoms with Crippen LogP contribution in [0, 0.1) is 7.05 Å². The number of nitrogens with zero attached hydrogens (tertiary/aromatic N) is 1. The fraction of sp³-hybridized carbons (Fsp3) is 0.222. The van der Waals surface area contributed by atoms with Crippen molar-refractivity contribution in [1.29, 1.82) is 0 Å². The van der Waals surface area contributed by atoms with Gasteiger partial charge in [-0.1, -0.05) is 0 Å². The van der Waals surface area contributed by atoms with Gasteiger partial charge in [0.15, 0.2) is 0 Å². The van der Waals surface area contributed by atoms with Gasteiger partial charge in [-0.2, -0.15) is 0 Å². The Morgan fingerprint density at radius 2 is 1.73 bits per heavy atom. The molecule has 0 spiro atoms. The van der Waals surface area contributed by atoms with Gasteiger partial charge < -0.3 is 10.2 Å². The first-order valence-corrected chi connectivity index (χ1v) is 3.48. The molecular weight excluding hydrogens is 136 g/mol. The highest BCUT2D eigenvalue weighted by Gasteiger charge is 1.92. The maximum atomic E-state index is 5.21. The van der Waals surface area contributed by atoms with E-state index in [-0.39, 0.29) is 0 Å². The molecule has 0 saturated heterocycles. The molecule has 11 heavy (non-hydrogen) atoms. The highest BCUT2D eigenvalue weighted by atomic mass is 15.1. The highest BCUT2D eigenvalue weighted by Crippen LogP contribution is 2.14. The zero-order valence-electron chi connectivity index (χ0n) is 6.83. The first kappa shape index (κ1) is 7.92. The van der Waals surface area contributed by atoms with Crippen LogP contribution in [-0.4, -0.2) is 14.1 Å². The Bertz CT molecular complexity index is 214. The molecule has 1 aromatic carbocycles. The summed E-state index contributed by atoms with van der Waals surface area (Å²) in [6.45, 7) is 0. The second-order valence-electron chi connectivity index (χ2n) is 2.59. The summed E-state index contributed by atoms with van der Waals surface area (Å²) in [5, 5.41) is 2.57. The maximum Gasteiger partial charge on any atom is 0.0705 e. The van der Waals surface area contributed by atoms with Crippen molar-refractivity contribution in [3.8, 4) is 0 Å². The molecule has 0 heterocycles. The van der Waals surface area contributed by atoms with Crippen LogP contribution in [0.25, 0.3) is 0 Å². The molecule has 58 valence electrons. The van der Waals surface area contributed by atoms with Crippen LogP contribution in [-0.2, 0) is 0 Å². The van der Waals surface area contributed by atoms with Crippen molar-refractivity contribution < 1.29 is 0 Å². The smallest absolute Gasteiger partial charge is 0.0705 e. The zero-order chi connectivity index (χ0) is 8.27. The minimum absolute atomic E-state index is 0.926. The summed E-state index contributed by atoms with van der Waals surface area (Å²) in [6.07, 6.45) is 0. The van der Waals surface area contributed by atoms with Gasteiger partial charge in [0.25, 0.3) is 0 Å². The molecule has 0 unspecified atom stereocenters. The zero-order valence-corrected chi connectivity index (χ0v) is 6.83. The number of hydrogen-bond acceptors (Lipinski definition) is 2. The topological polar surface area (TPSA) is 15.3 Å². The largest absolute Gasteiger partial charge is 0.378 e. The van der Waals surface area contributed by atoms with Gasteiger partial charge in [0.1, 0.15) is 0 Å². The third kappa shape index (κ3) is 1.87. The van der Waals surface area contributed by atoms with Crippen molar-refractivity contribution in [3.05, 3.63) is 31.3 Å². The SMILES string of the molecule is [CH]Nc1ccc(N(C)C)cc1. The fourth-order valence-corrected chi connectivity index (χ4v) is 0.856. The first-order chi connectivity index (χ1) is 5.24. The van der Waals surface area contributed by atoms with E-state index in [0.29, 0.717) is 0 Å². The predicted octanol–water partition coefficient (Wildman–Crippen LogP) is 1.83. The van der Waals surface area contributed by atoms with E-state index in [1.165, 1.54) is 5.69 Å². The van der Waals surface area contributed by atoms with Crippen LogP contribution < -0.4 is 10.2 Å². The van der Waals surface area contributed by atoms with E-state index in [0.717, 1.165) is 5.69 Å². The Morgan fingerprint density at radius 3 is 2.09 bits per heavy atom. The quantitative estimate of drug-likeness (QED) is 0.644. The molecule has 2 radical (unpaired) electrons. The third-order valence-corrected chi connectivity index (χ3v) is 1.55. The van der Waals surface area contributed by atoms with Gasteiger partial charge in [-0.25, -0.2) is 0 Å². The van der Waals surface area contributed by atoms with Crippen LogP contribution in [0.5, 0.6) is 0 Å². The second-order valence-corrected chi connectivity index (χ2v) is 2.59. The minimum Gasteiger partial charge on any atom is -0.378 e. The molecule has 2 nitrogen and oxygen atoms in total. The van der Waals surface area contributed by atoms with Crippen molar-refractivity contribution in [3.63, 3.8) is 0 Å². The summed E-state index contributed by atoms with van der Waals surface area (Å²) in [4.78, 5) is 2.04. The average Bonchev–Trinajstić information content (AvgIpc) is 2.05. The molecule has 1 aromatic rings. The predicted molar refractivity (Wildman–Crippen MR) is 48.7 cm³/mol. The van der Waals surface area contributed by atoms with Crippen LogP contribution in [0.1, 0.15) is 0 Å². The molecule has 0 atom stereocenters. The molecule has 0 aliphatic rings. The van der Waals surface area contributed by atoms with Crippen LogP contribution in [0.15, 0.2) is 24.3 Å². The molecule has 2 heteroatoms. The van der Waals surface area contributed by atoms with E-state index < -0.39 is 0 Å². The Morgan fingerprint density at radius 1 is 1.18 bits per heavy atom. The van der Waals surface area contributed by atoms with Crippen LogP contribution in [0.3, 0.4) is 0 Å². The lowest BCUT2D eigenvalue weighted by Crippen LogP contribution is -2.07. The van der Waals surface area contributed by atoms with Gasteiger partial charge >= 0.3 is 0 Å². The van der Waals surface area contributed by atoms with Gasteiger partial charge in [-0.05, 0) is 24.3 Å². The average molecular weight is 148 g/mol. The molecule has 0 saturated carbocycles. The molecule has 0 amide bonds. The lowest BCUT2D eigenvalue weighted by molar-refractivity contribution is 1.13. The molecule has 1 N–H and O–H groups in total. The van der Waals surface area contributed by atoms with Gasteiger partial charge in [-0.15, -0.1) is 0 Å². The Hall–Kier alpha value is -1.18. The van der Waals surface area contributed by atoms with Crippen LogP contribution >= 0.6 is 0 Å². The number of nitrogens with one attached hydrogen (secondary N) is 1. The summed E-state index contributed by atoms with van der Waals surface area (Å²) in [5.41, 5.74) is 2.10. The summed E-state index contributed by atoms with van der Waals surface area (Å²) in [7, 11) is 9.22. The summed E-state index contributed by atoms with van der Waals surface area (Å²) in [6, 6.07) is 7.90. The Kier molecular flexibility index (Phi) is 2.36. The Balaban J connectivity index is 2.83. The van der Waals surface area contributed by atoms with Crippen molar-refractivity contribution in [2.24, 2.45) is 0 Å². The number of anilines is 2. The third-order valence-electron chi connectivity index (χ3n) is 1.55. The monoisotopic (exact) mass is 148 g/mol. The van der Waals surface area contributed by atoms with E-state index in [1.807, 2.05) is 43.3 Å². The molecule has 0 aliphatic carbocycles. The lowest BCUT2D eigenvalue weighted by Gasteiger charge is -2.12. The Labute approximate surface area is 67.8 Å². The van der Waals surface area contributed by atoms with E-state index in [2.05, 4.69) is 5.32 Å². The van der Waals surface area contributed by atoms with Crippen molar-refractivity contribution in [1.82, 2.24) is 0 Å². The van der Waals surface area contributed by atoms with Crippen LogP contribution in [0.2, 0.25) is 0 Å². The second kappa shape index (κ2) is 3.28. The van der Waals surface area contributed by atoms with Crippen molar-refractivity contribution in [2.75, 3.05) is 24.3 Å². The number of rotatable bonds is 2. The minimum atomic E-state index is 0.926. The normalized spacial score (nSPS) is 9.36. The molecule has 1 rings (SSSR count).